The highest BCUT2D eigenvalue weighted by Gasteiger charge is 2.34. The molecule has 1 N–H and O–H groups in total. The second-order valence-corrected chi connectivity index (χ2v) is 7.26. The first-order valence-electron chi connectivity index (χ1n) is 5.44. The van der Waals surface area contributed by atoms with Crippen molar-refractivity contribution in [2.45, 2.75) is 26.8 Å². The Hall–Kier alpha value is -0.170. The molecule has 0 bridgehead atoms. The van der Waals surface area contributed by atoms with E-state index in [0.29, 0.717) is 13.2 Å². The van der Waals surface area contributed by atoms with Crippen LogP contribution in [0.2, 0.25) is 0 Å². The van der Waals surface area contributed by atoms with Crippen LogP contribution < -0.4 is 0 Å². The van der Waals surface area contributed by atoms with Crippen LogP contribution in [0.1, 0.15) is 20.8 Å². The maximum atomic E-state index is 12.1. The fourth-order valence-corrected chi connectivity index (χ4v) is 3.97. The second kappa shape index (κ2) is 5.00. The minimum atomic E-state index is -3.31. The fourth-order valence-electron chi connectivity index (χ4n) is 1.78. The summed E-state index contributed by atoms with van der Waals surface area (Å²) in [6, 6.07) is -0.430. The first kappa shape index (κ1) is 13.9. The van der Waals surface area contributed by atoms with Crippen LogP contribution in [0.15, 0.2) is 0 Å². The lowest BCUT2D eigenvalue weighted by Gasteiger charge is -2.35. The van der Waals surface area contributed by atoms with Gasteiger partial charge in [0.05, 0.1) is 31.6 Å². The van der Waals surface area contributed by atoms with E-state index in [2.05, 4.69) is 0 Å². The number of hydrogen-bond acceptors (Lipinski definition) is 4. The average Bonchev–Trinajstić information content (AvgIpc) is 2.14. The standard InChI is InChI=1S/C10H21NO4S/c1-10(2,3)8-16(13,14)11-4-5-15-7-9(11)6-12/h9,12H,4-8H2,1-3H3. The summed E-state index contributed by atoms with van der Waals surface area (Å²) in [6.07, 6.45) is 0. The summed E-state index contributed by atoms with van der Waals surface area (Å²) >= 11 is 0. The predicted octanol–water partition coefficient (Wildman–Crippen LogP) is 0.0554. The van der Waals surface area contributed by atoms with Crippen molar-refractivity contribution in [2.75, 3.05) is 32.1 Å². The molecule has 1 heterocycles. The lowest BCUT2D eigenvalue weighted by atomic mass is 10.0. The summed E-state index contributed by atoms with van der Waals surface area (Å²) < 4.78 is 30.8. The minimum absolute atomic E-state index is 0.0938. The number of nitrogens with zero attached hydrogens (tertiary/aromatic N) is 1. The number of aliphatic hydroxyl groups is 1. The normalized spacial score (nSPS) is 24.6. The van der Waals surface area contributed by atoms with Crippen molar-refractivity contribution in [1.82, 2.24) is 4.31 Å². The third-order valence-corrected chi connectivity index (χ3v) is 4.78. The van der Waals surface area contributed by atoms with Gasteiger partial charge in [0.1, 0.15) is 0 Å². The summed E-state index contributed by atoms with van der Waals surface area (Å²) in [6.45, 7) is 6.49. The summed E-state index contributed by atoms with van der Waals surface area (Å²) in [7, 11) is -3.31. The molecule has 1 atom stereocenters. The van der Waals surface area contributed by atoms with Gasteiger partial charge in [0.15, 0.2) is 0 Å². The highest BCUT2D eigenvalue weighted by Crippen LogP contribution is 2.21. The Morgan fingerprint density at radius 2 is 2.06 bits per heavy atom. The van der Waals surface area contributed by atoms with Gasteiger partial charge in [-0.05, 0) is 5.41 Å². The topological polar surface area (TPSA) is 66.8 Å². The van der Waals surface area contributed by atoms with Crippen LogP contribution in [-0.4, -0.2) is 56.0 Å². The maximum absolute atomic E-state index is 12.1. The molecule has 0 aromatic rings. The summed E-state index contributed by atoms with van der Waals surface area (Å²) in [5, 5.41) is 9.14. The largest absolute Gasteiger partial charge is 0.395 e. The van der Waals surface area contributed by atoms with Gasteiger partial charge >= 0.3 is 0 Å². The van der Waals surface area contributed by atoms with E-state index in [1.54, 1.807) is 0 Å². The van der Waals surface area contributed by atoms with E-state index in [4.69, 9.17) is 9.84 Å². The number of morpholine rings is 1. The molecule has 1 saturated heterocycles. The number of aliphatic hydroxyl groups excluding tert-OH is 1. The molecule has 0 amide bonds. The first-order chi connectivity index (χ1) is 7.26. The Bertz CT molecular complexity index is 320. The van der Waals surface area contributed by atoms with Gasteiger partial charge in [-0.3, -0.25) is 0 Å². The Kier molecular flexibility index (Phi) is 4.34. The molecule has 1 aliphatic heterocycles. The van der Waals surface area contributed by atoms with Crippen LogP contribution in [0.3, 0.4) is 0 Å². The minimum Gasteiger partial charge on any atom is -0.395 e. The van der Waals surface area contributed by atoms with Gasteiger partial charge in [-0.25, -0.2) is 8.42 Å². The molecule has 0 aromatic carbocycles. The molecule has 0 radical (unpaired) electrons. The molecule has 6 heteroatoms. The van der Waals surface area contributed by atoms with Crippen molar-refractivity contribution in [2.24, 2.45) is 5.41 Å². The molecular weight excluding hydrogens is 230 g/mol. The van der Waals surface area contributed by atoms with Crippen molar-refractivity contribution >= 4 is 10.0 Å². The zero-order chi connectivity index (χ0) is 12.4. The molecule has 1 fully saturated rings. The smallest absolute Gasteiger partial charge is 0.215 e. The molecule has 1 unspecified atom stereocenters. The fraction of sp³-hybridized carbons (Fsp3) is 1.00. The molecule has 16 heavy (non-hydrogen) atoms. The molecular formula is C10H21NO4S. The Labute approximate surface area is 97.4 Å². The highest BCUT2D eigenvalue weighted by molar-refractivity contribution is 7.89. The van der Waals surface area contributed by atoms with Crippen LogP contribution in [0.5, 0.6) is 0 Å². The summed E-state index contributed by atoms with van der Waals surface area (Å²) in [5.41, 5.74) is -0.281. The number of sulfonamides is 1. The van der Waals surface area contributed by atoms with Gasteiger partial charge in [0.2, 0.25) is 10.0 Å². The van der Waals surface area contributed by atoms with Crippen molar-refractivity contribution < 1.29 is 18.3 Å². The molecule has 0 spiro atoms. The van der Waals surface area contributed by atoms with E-state index < -0.39 is 16.1 Å². The lowest BCUT2D eigenvalue weighted by Crippen LogP contribution is -2.52. The molecule has 0 aromatic heterocycles. The first-order valence-corrected chi connectivity index (χ1v) is 7.05. The summed E-state index contributed by atoms with van der Waals surface area (Å²) in [5.74, 6) is 0.0938. The predicted molar refractivity (Wildman–Crippen MR) is 61.6 cm³/mol. The van der Waals surface area contributed by atoms with Crippen LogP contribution in [0, 0.1) is 5.41 Å². The van der Waals surface area contributed by atoms with Crippen molar-refractivity contribution in [3.63, 3.8) is 0 Å². The van der Waals surface area contributed by atoms with Gasteiger partial charge in [0, 0.05) is 6.54 Å². The van der Waals surface area contributed by atoms with Crippen LogP contribution in [0.4, 0.5) is 0 Å². The van der Waals surface area contributed by atoms with E-state index in [-0.39, 0.29) is 24.4 Å². The zero-order valence-electron chi connectivity index (χ0n) is 10.1. The van der Waals surface area contributed by atoms with Crippen LogP contribution in [-0.2, 0) is 14.8 Å². The maximum Gasteiger partial charge on any atom is 0.215 e. The van der Waals surface area contributed by atoms with E-state index >= 15 is 0 Å². The zero-order valence-corrected chi connectivity index (χ0v) is 11.0. The number of rotatable bonds is 3. The van der Waals surface area contributed by atoms with Crippen LogP contribution in [0.25, 0.3) is 0 Å². The summed E-state index contributed by atoms with van der Waals surface area (Å²) in [4.78, 5) is 0. The van der Waals surface area contributed by atoms with Gasteiger partial charge < -0.3 is 9.84 Å². The third kappa shape index (κ3) is 3.69. The van der Waals surface area contributed by atoms with Gasteiger partial charge in [-0.2, -0.15) is 4.31 Å². The third-order valence-electron chi connectivity index (χ3n) is 2.36. The van der Waals surface area contributed by atoms with Gasteiger partial charge in [-0.15, -0.1) is 0 Å². The van der Waals surface area contributed by atoms with Crippen molar-refractivity contribution in [3.8, 4) is 0 Å². The van der Waals surface area contributed by atoms with Crippen molar-refractivity contribution in [3.05, 3.63) is 0 Å². The van der Waals surface area contributed by atoms with Crippen molar-refractivity contribution in [1.29, 1.82) is 0 Å². The Balaban J connectivity index is 2.80. The molecule has 96 valence electrons. The van der Waals surface area contributed by atoms with Gasteiger partial charge in [-0.1, -0.05) is 20.8 Å². The van der Waals surface area contributed by atoms with E-state index in [9.17, 15) is 8.42 Å². The molecule has 0 saturated carbocycles. The molecule has 1 rings (SSSR count). The highest BCUT2D eigenvalue weighted by atomic mass is 32.2. The van der Waals surface area contributed by atoms with Crippen LogP contribution >= 0.6 is 0 Å². The lowest BCUT2D eigenvalue weighted by molar-refractivity contribution is 0.0106. The second-order valence-electron chi connectivity index (χ2n) is 5.34. The molecule has 5 nitrogen and oxygen atoms in total. The number of ether oxygens (including phenoxy) is 1. The van der Waals surface area contributed by atoms with E-state index in [1.165, 1.54) is 4.31 Å². The Morgan fingerprint density at radius 1 is 1.44 bits per heavy atom. The SMILES string of the molecule is CC(C)(C)CS(=O)(=O)N1CCOCC1CO. The quantitative estimate of drug-likeness (QED) is 0.770. The molecule has 1 aliphatic rings. The number of hydrogen-bond donors (Lipinski definition) is 1. The molecule has 0 aliphatic carbocycles. The van der Waals surface area contributed by atoms with E-state index in [0.717, 1.165) is 0 Å². The Morgan fingerprint density at radius 3 is 2.56 bits per heavy atom. The van der Waals surface area contributed by atoms with Gasteiger partial charge in [0.25, 0.3) is 0 Å². The average molecular weight is 251 g/mol. The monoisotopic (exact) mass is 251 g/mol. The van der Waals surface area contributed by atoms with E-state index in [1.807, 2.05) is 20.8 Å².